The van der Waals surface area contributed by atoms with Gasteiger partial charge in [0, 0.05) is 32.6 Å². The van der Waals surface area contributed by atoms with Gasteiger partial charge in [0.15, 0.2) is 0 Å². The number of rotatable bonds is 5. The maximum atomic E-state index is 13.4. The predicted molar refractivity (Wildman–Crippen MR) is 115 cm³/mol. The molecule has 0 bridgehead atoms. The fourth-order valence-electron chi connectivity index (χ4n) is 5.95. The minimum atomic E-state index is -0.726. The molecule has 3 saturated heterocycles. The van der Waals surface area contributed by atoms with Crippen molar-refractivity contribution in [2.75, 3.05) is 32.7 Å². The molecule has 4 rings (SSSR count). The fourth-order valence-corrected chi connectivity index (χ4v) is 5.95. The molecule has 3 heterocycles. The summed E-state index contributed by atoms with van der Waals surface area (Å²) >= 11 is 0. The highest BCUT2D eigenvalue weighted by molar-refractivity contribution is 6.07. The summed E-state index contributed by atoms with van der Waals surface area (Å²) in [6.07, 6.45) is 10.8. The van der Waals surface area contributed by atoms with Gasteiger partial charge in [0.1, 0.15) is 5.54 Å². The number of carbonyl (C=O) groups is 3. The van der Waals surface area contributed by atoms with Crippen LogP contribution in [0.4, 0.5) is 4.79 Å². The molecule has 4 amide bonds. The summed E-state index contributed by atoms with van der Waals surface area (Å²) in [6, 6.07) is -0.440. The van der Waals surface area contributed by atoms with Crippen molar-refractivity contribution in [2.45, 2.75) is 89.1 Å². The average molecular weight is 419 g/mol. The van der Waals surface area contributed by atoms with Crippen molar-refractivity contribution in [3.05, 3.63) is 0 Å². The smallest absolute Gasteiger partial charge is 0.325 e. The zero-order valence-corrected chi connectivity index (χ0v) is 18.5. The summed E-state index contributed by atoms with van der Waals surface area (Å²) in [5.74, 6) is 0.663. The maximum absolute atomic E-state index is 13.4. The summed E-state index contributed by atoms with van der Waals surface area (Å²) < 4.78 is 0. The number of amides is 4. The number of nitrogens with zero attached hydrogens (tertiary/aromatic N) is 3. The molecule has 0 aromatic carbocycles. The van der Waals surface area contributed by atoms with Crippen LogP contribution in [0.2, 0.25) is 0 Å². The van der Waals surface area contributed by atoms with E-state index in [4.69, 9.17) is 0 Å². The molecule has 30 heavy (non-hydrogen) atoms. The van der Waals surface area contributed by atoms with Gasteiger partial charge in [-0.1, -0.05) is 26.2 Å². The van der Waals surface area contributed by atoms with E-state index in [2.05, 4.69) is 17.1 Å². The van der Waals surface area contributed by atoms with Crippen LogP contribution in [0, 0.1) is 5.92 Å². The van der Waals surface area contributed by atoms with Crippen LogP contribution in [0.5, 0.6) is 0 Å². The second kappa shape index (κ2) is 9.25. The quantitative estimate of drug-likeness (QED) is 0.697. The third-order valence-corrected chi connectivity index (χ3v) is 7.75. The van der Waals surface area contributed by atoms with Gasteiger partial charge in [0.25, 0.3) is 5.91 Å². The van der Waals surface area contributed by atoms with Gasteiger partial charge < -0.3 is 15.1 Å². The van der Waals surface area contributed by atoms with Crippen molar-refractivity contribution in [3.63, 3.8) is 0 Å². The molecular weight excluding hydrogens is 380 g/mol. The van der Waals surface area contributed by atoms with E-state index >= 15 is 0 Å². The van der Waals surface area contributed by atoms with Gasteiger partial charge in [-0.15, -0.1) is 0 Å². The molecule has 0 aromatic heterocycles. The molecule has 7 nitrogen and oxygen atoms in total. The predicted octanol–water partition coefficient (Wildman–Crippen LogP) is 2.74. The van der Waals surface area contributed by atoms with E-state index in [1.165, 1.54) is 24.2 Å². The normalized spacial score (nSPS) is 28.2. The first-order chi connectivity index (χ1) is 14.5. The Morgan fingerprint density at radius 1 is 1.03 bits per heavy atom. The first-order valence-electron chi connectivity index (χ1n) is 12.2. The first-order valence-corrected chi connectivity index (χ1v) is 12.2. The van der Waals surface area contributed by atoms with Crippen LogP contribution in [-0.4, -0.2) is 76.8 Å². The van der Waals surface area contributed by atoms with Gasteiger partial charge in [-0.05, 0) is 57.4 Å². The van der Waals surface area contributed by atoms with Crippen molar-refractivity contribution in [1.82, 2.24) is 20.0 Å². The zero-order valence-electron chi connectivity index (χ0n) is 18.5. The van der Waals surface area contributed by atoms with Crippen molar-refractivity contribution >= 4 is 17.8 Å². The Kier molecular flexibility index (Phi) is 6.66. The molecule has 1 aliphatic carbocycles. The Morgan fingerprint density at radius 3 is 2.47 bits per heavy atom. The number of imide groups is 1. The van der Waals surface area contributed by atoms with Gasteiger partial charge in [-0.3, -0.25) is 14.5 Å². The van der Waals surface area contributed by atoms with Crippen molar-refractivity contribution in [1.29, 1.82) is 0 Å². The highest BCUT2D eigenvalue weighted by atomic mass is 16.2. The summed E-state index contributed by atoms with van der Waals surface area (Å²) in [5.41, 5.74) is -0.726. The van der Waals surface area contributed by atoms with Gasteiger partial charge in [-0.25, -0.2) is 4.79 Å². The van der Waals surface area contributed by atoms with Crippen LogP contribution < -0.4 is 5.32 Å². The largest absolute Gasteiger partial charge is 0.341 e. The lowest BCUT2D eigenvalue weighted by Gasteiger charge is -2.39. The molecule has 1 atom stereocenters. The molecule has 4 aliphatic rings. The third kappa shape index (κ3) is 4.36. The van der Waals surface area contributed by atoms with E-state index in [0.29, 0.717) is 31.7 Å². The van der Waals surface area contributed by atoms with Crippen molar-refractivity contribution in [3.8, 4) is 0 Å². The Hall–Kier alpha value is -1.63. The monoisotopic (exact) mass is 418 g/mol. The van der Waals surface area contributed by atoms with E-state index in [0.717, 1.165) is 58.3 Å². The van der Waals surface area contributed by atoms with Crippen LogP contribution in [-0.2, 0) is 9.59 Å². The topological polar surface area (TPSA) is 73.0 Å². The summed E-state index contributed by atoms with van der Waals surface area (Å²) in [7, 11) is 0. The van der Waals surface area contributed by atoms with Crippen molar-refractivity contribution in [2.24, 2.45) is 5.92 Å². The molecule has 1 spiro atoms. The average Bonchev–Trinajstić information content (AvgIpc) is 3.00. The van der Waals surface area contributed by atoms with Gasteiger partial charge in [0.2, 0.25) is 5.91 Å². The van der Waals surface area contributed by atoms with Crippen LogP contribution in [0.3, 0.4) is 0 Å². The van der Waals surface area contributed by atoms with E-state index < -0.39 is 5.54 Å². The lowest BCUT2D eigenvalue weighted by Crippen LogP contribution is -2.56. The second-order valence-corrected chi connectivity index (χ2v) is 9.87. The van der Waals surface area contributed by atoms with Gasteiger partial charge in [-0.2, -0.15) is 0 Å². The number of urea groups is 1. The Labute approximate surface area is 180 Å². The molecule has 1 N–H and O–H groups in total. The number of nitrogens with one attached hydrogen (secondary N) is 1. The zero-order chi connectivity index (χ0) is 21.1. The molecular formula is C23H38N4O3. The number of carbonyl (C=O) groups excluding carboxylic acids is 3. The number of likely N-dealkylation sites (tertiary alicyclic amines) is 2. The number of hydrogen-bond donors (Lipinski definition) is 1. The minimum absolute atomic E-state index is 0.0600. The fraction of sp³-hybridized carbons (Fsp3) is 0.870. The van der Waals surface area contributed by atoms with Crippen molar-refractivity contribution < 1.29 is 14.4 Å². The molecule has 3 aliphatic heterocycles. The van der Waals surface area contributed by atoms with Crippen LogP contribution in [0.1, 0.15) is 77.6 Å². The summed E-state index contributed by atoms with van der Waals surface area (Å²) in [6.45, 7) is 6.17. The van der Waals surface area contributed by atoms with Crippen LogP contribution >= 0.6 is 0 Å². The lowest BCUT2D eigenvalue weighted by molar-refractivity contribution is -0.139. The Balaban J connectivity index is 1.36. The minimum Gasteiger partial charge on any atom is -0.341 e. The second-order valence-electron chi connectivity index (χ2n) is 9.87. The number of hydrogen-bond acceptors (Lipinski definition) is 4. The molecule has 0 radical (unpaired) electrons. The van der Waals surface area contributed by atoms with E-state index in [1.54, 1.807) is 0 Å². The molecule has 1 saturated carbocycles. The molecule has 0 aromatic rings. The third-order valence-electron chi connectivity index (χ3n) is 7.75. The summed E-state index contributed by atoms with van der Waals surface area (Å²) in [5, 5.41) is 3.05. The van der Waals surface area contributed by atoms with E-state index in [1.807, 2.05) is 4.90 Å². The van der Waals surface area contributed by atoms with Gasteiger partial charge in [0.05, 0.1) is 6.04 Å². The molecule has 168 valence electrons. The molecule has 0 unspecified atom stereocenters. The van der Waals surface area contributed by atoms with Gasteiger partial charge >= 0.3 is 6.03 Å². The maximum Gasteiger partial charge on any atom is 0.325 e. The molecule has 4 fully saturated rings. The van der Waals surface area contributed by atoms with Crippen LogP contribution in [0.25, 0.3) is 0 Å². The standard InChI is InChI=1S/C23H38N4O3/c1-2-12-25-14-10-23(11-15-25)21(29)27(22(30)24-23)19-9-6-13-26(17-19)20(28)16-18-7-4-3-5-8-18/h18-19H,2-17H2,1H3,(H,24,30)/t19-/m1/s1. The van der Waals surface area contributed by atoms with E-state index in [-0.39, 0.29) is 23.9 Å². The first kappa shape index (κ1) is 21.6. The SMILES string of the molecule is CCCN1CCC2(CC1)NC(=O)N([C@@H]1CCCN(C(=O)CC3CCCCC3)C1)C2=O. The highest BCUT2D eigenvalue weighted by Gasteiger charge is 2.54. The summed E-state index contributed by atoms with van der Waals surface area (Å²) in [4.78, 5) is 44.9. The highest BCUT2D eigenvalue weighted by Crippen LogP contribution is 2.33. The Morgan fingerprint density at radius 2 is 1.77 bits per heavy atom. The number of piperidine rings is 2. The van der Waals surface area contributed by atoms with E-state index in [9.17, 15) is 14.4 Å². The Bertz CT molecular complexity index is 653. The van der Waals surface area contributed by atoms with Crippen LogP contribution in [0.15, 0.2) is 0 Å². The molecule has 7 heteroatoms. The lowest BCUT2D eigenvalue weighted by atomic mass is 9.86.